The van der Waals surface area contributed by atoms with Gasteiger partial charge < -0.3 is 9.32 Å². The molecule has 1 aromatic heterocycles. The SMILES string of the molecule is N#Cc1ccc(CN2CCCN(C(=O)/C=C/c3cc4ccccc4o3)CC2)cc1. The van der Waals surface area contributed by atoms with E-state index in [1.54, 1.807) is 12.2 Å². The van der Waals surface area contributed by atoms with E-state index in [1.807, 2.05) is 59.5 Å². The molecule has 4 rings (SSSR count). The molecule has 5 nitrogen and oxygen atoms in total. The average Bonchev–Trinajstić information content (AvgIpc) is 3.03. The maximum Gasteiger partial charge on any atom is 0.246 e. The third kappa shape index (κ3) is 4.74. The van der Waals surface area contributed by atoms with Crippen molar-refractivity contribution in [3.8, 4) is 6.07 Å². The molecule has 0 aliphatic carbocycles. The van der Waals surface area contributed by atoms with Crippen LogP contribution < -0.4 is 0 Å². The lowest BCUT2D eigenvalue weighted by molar-refractivity contribution is -0.125. The van der Waals surface area contributed by atoms with Crippen molar-refractivity contribution in [1.29, 1.82) is 5.26 Å². The van der Waals surface area contributed by atoms with Crippen LogP contribution in [0.3, 0.4) is 0 Å². The van der Waals surface area contributed by atoms with Gasteiger partial charge in [0.1, 0.15) is 11.3 Å². The highest BCUT2D eigenvalue weighted by Crippen LogP contribution is 2.20. The third-order valence-electron chi connectivity index (χ3n) is 5.22. The number of hydrogen-bond donors (Lipinski definition) is 0. The van der Waals surface area contributed by atoms with Crippen molar-refractivity contribution >= 4 is 23.0 Å². The molecule has 2 aromatic carbocycles. The summed E-state index contributed by atoms with van der Waals surface area (Å²) in [4.78, 5) is 16.9. The van der Waals surface area contributed by atoms with E-state index in [0.29, 0.717) is 17.9 Å². The minimum atomic E-state index is 0.0191. The smallest absolute Gasteiger partial charge is 0.246 e. The van der Waals surface area contributed by atoms with Crippen LogP contribution in [0, 0.1) is 11.3 Å². The summed E-state index contributed by atoms with van der Waals surface area (Å²) in [7, 11) is 0. The summed E-state index contributed by atoms with van der Waals surface area (Å²) < 4.78 is 5.74. The molecule has 1 fully saturated rings. The molecular weight excluding hydrogens is 362 g/mol. The lowest BCUT2D eigenvalue weighted by atomic mass is 10.1. The van der Waals surface area contributed by atoms with Gasteiger partial charge in [-0.05, 0) is 42.3 Å². The summed E-state index contributed by atoms with van der Waals surface area (Å²) in [6.45, 7) is 4.09. The quantitative estimate of drug-likeness (QED) is 0.636. The zero-order valence-electron chi connectivity index (χ0n) is 16.3. The standard InChI is InChI=1S/C24H23N3O2/c25-17-19-6-8-20(9-7-19)18-26-12-3-13-27(15-14-26)24(28)11-10-22-16-21-4-1-2-5-23(21)29-22/h1-2,4-11,16H,3,12-15,18H2/b11-10+. The summed E-state index contributed by atoms with van der Waals surface area (Å²) in [6.07, 6.45) is 4.30. The van der Waals surface area contributed by atoms with Gasteiger partial charge >= 0.3 is 0 Å². The summed E-state index contributed by atoms with van der Waals surface area (Å²) in [6, 6.07) is 19.6. The molecule has 2 heterocycles. The van der Waals surface area contributed by atoms with Crippen molar-refractivity contribution < 1.29 is 9.21 Å². The Morgan fingerprint density at radius 1 is 1.07 bits per heavy atom. The molecule has 1 aliphatic rings. The second-order valence-corrected chi connectivity index (χ2v) is 7.28. The van der Waals surface area contributed by atoms with Crippen LogP contribution in [0.5, 0.6) is 0 Å². The molecule has 1 amide bonds. The zero-order chi connectivity index (χ0) is 20.1. The topological polar surface area (TPSA) is 60.5 Å². The van der Waals surface area contributed by atoms with Gasteiger partial charge in [-0.3, -0.25) is 9.69 Å². The Morgan fingerprint density at radius 2 is 1.90 bits per heavy atom. The molecule has 3 aromatic rings. The molecule has 0 spiro atoms. The minimum absolute atomic E-state index is 0.0191. The van der Waals surface area contributed by atoms with Gasteiger partial charge in [0, 0.05) is 44.2 Å². The molecule has 0 bridgehead atoms. The summed E-state index contributed by atoms with van der Waals surface area (Å²) in [5.41, 5.74) is 2.69. The molecule has 0 unspecified atom stereocenters. The number of carbonyl (C=O) groups excluding carboxylic acids is 1. The molecule has 0 atom stereocenters. The minimum Gasteiger partial charge on any atom is -0.457 e. The van der Waals surface area contributed by atoms with E-state index < -0.39 is 0 Å². The molecule has 146 valence electrons. The number of fused-ring (bicyclic) bond motifs is 1. The van der Waals surface area contributed by atoms with Crippen LogP contribution >= 0.6 is 0 Å². The molecule has 1 saturated heterocycles. The fraction of sp³-hybridized carbons (Fsp3) is 0.250. The molecule has 1 aliphatic heterocycles. The van der Waals surface area contributed by atoms with Crippen LogP contribution in [0.4, 0.5) is 0 Å². The number of benzene rings is 2. The highest BCUT2D eigenvalue weighted by Gasteiger charge is 2.17. The number of nitrogens with zero attached hydrogens (tertiary/aromatic N) is 3. The van der Waals surface area contributed by atoms with Crippen molar-refractivity contribution in [2.75, 3.05) is 26.2 Å². The van der Waals surface area contributed by atoms with Crippen LogP contribution in [-0.4, -0.2) is 41.9 Å². The molecule has 5 heteroatoms. The van der Waals surface area contributed by atoms with Gasteiger partial charge in [-0.1, -0.05) is 30.3 Å². The maximum absolute atomic E-state index is 12.6. The number of amides is 1. The van der Waals surface area contributed by atoms with Crippen molar-refractivity contribution in [3.63, 3.8) is 0 Å². The Bertz CT molecular complexity index is 1030. The number of nitriles is 1. The molecule has 0 saturated carbocycles. The number of carbonyl (C=O) groups is 1. The largest absolute Gasteiger partial charge is 0.457 e. The van der Waals surface area contributed by atoms with Gasteiger partial charge in [-0.2, -0.15) is 5.26 Å². The van der Waals surface area contributed by atoms with E-state index in [1.165, 1.54) is 5.56 Å². The molecule has 0 N–H and O–H groups in total. The lowest BCUT2D eigenvalue weighted by Crippen LogP contribution is -2.34. The average molecular weight is 385 g/mol. The third-order valence-corrected chi connectivity index (χ3v) is 5.22. The fourth-order valence-electron chi connectivity index (χ4n) is 3.64. The number of hydrogen-bond acceptors (Lipinski definition) is 4. The van der Waals surface area contributed by atoms with E-state index in [4.69, 9.17) is 9.68 Å². The number of para-hydroxylation sites is 1. The first-order valence-corrected chi connectivity index (χ1v) is 9.88. The first-order valence-electron chi connectivity index (χ1n) is 9.88. The Kier molecular flexibility index (Phi) is 5.73. The van der Waals surface area contributed by atoms with E-state index in [-0.39, 0.29) is 5.91 Å². The number of rotatable bonds is 4. The first-order chi connectivity index (χ1) is 14.2. The Labute approximate surface area is 170 Å². The van der Waals surface area contributed by atoms with Crippen molar-refractivity contribution in [3.05, 3.63) is 77.6 Å². The Hall–Kier alpha value is -3.36. The normalized spacial score (nSPS) is 15.5. The van der Waals surface area contributed by atoms with Crippen LogP contribution in [0.25, 0.3) is 17.0 Å². The van der Waals surface area contributed by atoms with Gasteiger partial charge in [0.2, 0.25) is 5.91 Å². The van der Waals surface area contributed by atoms with Gasteiger partial charge in [0.15, 0.2) is 0 Å². The fourth-order valence-corrected chi connectivity index (χ4v) is 3.64. The van der Waals surface area contributed by atoms with Crippen LogP contribution in [0.15, 0.2) is 65.1 Å². The monoisotopic (exact) mass is 385 g/mol. The predicted molar refractivity (Wildman–Crippen MR) is 113 cm³/mol. The highest BCUT2D eigenvalue weighted by atomic mass is 16.3. The zero-order valence-corrected chi connectivity index (χ0v) is 16.3. The second kappa shape index (κ2) is 8.76. The van der Waals surface area contributed by atoms with Gasteiger partial charge in [-0.25, -0.2) is 0 Å². The summed E-state index contributed by atoms with van der Waals surface area (Å²) in [5.74, 6) is 0.711. The highest BCUT2D eigenvalue weighted by molar-refractivity contribution is 5.92. The van der Waals surface area contributed by atoms with Gasteiger partial charge in [-0.15, -0.1) is 0 Å². The maximum atomic E-state index is 12.6. The van der Waals surface area contributed by atoms with E-state index in [2.05, 4.69) is 11.0 Å². The van der Waals surface area contributed by atoms with Crippen LogP contribution in [0.1, 0.15) is 23.3 Å². The summed E-state index contributed by atoms with van der Waals surface area (Å²) in [5, 5.41) is 9.95. The Morgan fingerprint density at radius 3 is 2.69 bits per heavy atom. The van der Waals surface area contributed by atoms with Crippen molar-refractivity contribution in [1.82, 2.24) is 9.80 Å². The molecule has 0 radical (unpaired) electrons. The lowest BCUT2D eigenvalue weighted by Gasteiger charge is -2.21. The second-order valence-electron chi connectivity index (χ2n) is 7.28. The number of furan rings is 1. The Balaban J connectivity index is 1.33. The van der Waals surface area contributed by atoms with Gasteiger partial charge in [0.25, 0.3) is 0 Å². The van der Waals surface area contributed by atoms with E-state index in [9.17, 15) is 4.79 Å². The van der Waals surface area contributed by atoms with Crippen LogP contribution in [-0.2, 0) is 11.3 Å². The summed E-state index contributed by atoms with van der Waals surface area (Å²) >= 11 is 0. The first kappa shape index (κ1) is 19.0. The van der Waals surface area contributed by atoms with Crippen molar-refractivity contribution in [2.24, 2.45) is 0 Å². The van der Waals surface area contributed by atoms with Gasteiger partial charge in [0.05, 0.1) is 11.6 Å². The predicted octanol–water partition coefficient (Wildman–Crippen LogP) is 4.05. The molecular formula is C24H23N3O2. The molecule has 29 heavy (non-hydrogen) atoms. The van der Waals surface area contributed by atoms with Crippen LogP contribution in [0.2, 0.25) is 0 Å². The van der Waals surface area contributed by atoms with E-state index in [0.717, 1.165) is 43.6 Å². The van der Waals surface area contributed by atoms with Crippen molar-refractivity contribution in [2.45, 2.75) is 13.0 Å². The van der Waals surface area contributed by atoms with E-state index >= 15 is 0 Å².